The molecule has 2 heterocycles. The van der Waals surface area contributed by atoms with E-state index < -0.39 is 5.60 Å². The van der Waals surface area contributed by atoms with Crippen LogP contribution in [-0.2, 0) is 20.9 Å². The van der Waals surface area contributed by atoms with Gasteiger partial charge in [-0.3, -0.25) is 9.59 Å². The maximum absolute atomic E-state index is 13.1. The molecule has 0 N–H and O–H groups in total. The highest BCUT2D eigenvalue weighted by atomic mass is 16.7. The monoisotopic (exact) mass is 359 g/mol. The third-order valence-electron chi connectivity index (χ3n) is 4.40. The number of carbonyl (C=O) groups is 2. The second kappa shape index (κ2) is 7.40. The number of hydrogen-bond donors (Lipinski definition) is 0. The third-order valence-corrected chi connectivity index (χ3v) is 4.40. The van der Waals surface area contributed by atoms with Crippen LogP contribution in [0.4, 0.5) is 0 Å². The molecule has 6 nitrogen and oxygen atoms in total. The Labute approximate surface area is 153 Å². The summed E-state index contributed by atoms with van der Waals surface area (Å²) in [7, 11) is 0. The van der Waals surface area contributed by atoms with Crippen molar-refractivity contribution in [2.24, 2.45) is 0 Å². The van der Waals surface area contributed by atoms with E-state index in [-0.39, 0.29) is 30.7 Å². The van der Waals surface area contributed by atoms with Crippen LogP contribution in [0.1, 0.15) is 45.6 Å². The summed E-state index contributed by atoms with van der Waals surface area (Å²) in [5, 5.41) is 0. The molecule has 0 fully saturated rings. The molecule has 6 heteroatoms. The molecule has 0 saturated carbocycles. The van der Waals surface area contributed by atoms with Crippen molar-refractivity contribution in [2.45, 2.75) is 52.2 Å². The molecule has 140 valence electrons. The van der Waals surface area contributed by atoms with Gasteiger partial charge in [-0.15, -0.1) is 0 Å². The minimum absolute atomic E-state index is 0.0858. The Morgan fingerprint density at radius 2 is 2.08 bits per heavy atom. The quantitative estimate of drug-likeness (QED) is 0.780. The number of benzene rings is 1. The first-order valence-corrected chi connectivity index (χ1v) is 9.00. The van der Waals surface area contributed by atoms with Gasteiger partial charge in [0.15, 0.2) is 23.0 Å². The summed E-state index contributed by atoms with van der Waals surface area (Å²) in [6, 6.07) is 5.65. The summed E-state index contributed by atoms with van der Waals surface area (Å²) >= 11 is 0. The number of unbranched alkanes of at least 4 members (excludes halogenated alkanes) is 1. The highest BCUT2D eigenvalue weighted by Crippen LogP contribution is 2.36. The predicted octanol–water partition coefficient (Wildman–Crippen LogP) is 3.20. The van der Waals surface area contributed by atoms with Crippen LogP contribution in [0.2, 0.25) is 0 Å². The van der Waals surface area contributed by atoms with Gasteiger partial charge < -0.3 is 19.1 Å². The lowest BCUT2D eigenvalue weighted by atomic mass is 9.98. The third kappa shape index (κ3) is 4.00. The zero-order chi connectivity index (χ0) is 18.7. The Morgan fingerprint density at radius 1 is 1.27 bits per heavy atom. The molecule has 2 aliphatic heterocycles. The van der Waals surface area contributed by atoms with E-state index in [1.165, 1.54) is 6.08 Å². The van der Waals surface area contributed by atoms with Crippen molar-refractivity contribution in [3.63, 3.8) is 0 Å². The summed E-state index contributed by atoms with van der Waals surface area (Å²) in [6.07, 6.45) is 3.42. The highest BCUT2D eigenvalue weighted by molar-refractivity contribution is 6.01. The molecule has 0 spiro atoms. The van der Waals surface area contributed by atoms with Gasteiger partial charge in [0.1, 0.15) is 5.60 Å². The molecule has 26 heavy (non-hydrogen) atoms. The van der Waals surface area contributed by atoms with Crippen molar-refractivity contribution in [1.82, 2.24) is 4.90 Å². The van der Waals surface area contributed by atoms with Gasteiger partial charge in [-0.1, -0.05) is 25.5 Å². The van der Waals surface area contributed by atoms with E-state index in [2.05, 4.69) is 6.92 Å². The van der Waals surface area contributed by atoms with Gasteiger partial charge in [0.05, 0.1) is 0 Å². The molecular formula is C20H25NO5. The largest absolute Gasteiger partial charge is 0.481 e. The Bertz CT molecular complexity index is 738. The van der Waals surface area contributed by atoms with Gasteiger partial charge in [-0.05, 0) is 26.3 Å². The van der Waals surface area contributed by atoms with Gasteiger partial charge >= 0.3 is 0 Å². The molecule has 0 aliphatic carbocycles. The molecule has 1 amide bonds. The molecule has 3 rings (SSSR count). The fourth-order valence-electron chi connectivity index (χ4n) is 3.16. The van der Waals surface area contributed by atoms with Gasteiger partial charge in [0.2, 0.25) is 6.79 Å². The number of nitrogens with zero attached hydrogens (tertiary/aromatic N) is 1. The molecule has 0 radical (unpaired) electrons. The fourth-order valence-corrected chi connectivity index (χ4v) is 3.16. The van der Waals surface area contributed by atoms with Crippen LogP contribution in [0, 0.1) is 0 Å². The summed E-state index contributed by atoms with van der Waals surface area (Å²) in [5.74, 6) is 1.13. The number of ketones is 1. The Balaban J connectivity index is 1.83. The minimum Gasteiger partial charge on any atom is -0.481 e. The Morgan fingerprint density at radius 3 is 2.81 bits per heavy atom. The van der Waals surface area contributed by atoms with E-state index in [4.69, 9.17) is 14.2 Å². The second-order valence-electron chi connectivity index (χ2n) is 7.24. The molecule has 2 aliphatic rings. The van der Waals surface area contributed by atoms with E-state index in [0.717, 1.165) is 18.4 Å². The van der Waals surface area contributed by atoms with E-state index >= 15 is 0 Å². The van der Waals surface area contributed by atoms with Gasteiger partial charge in [0.25, 0.3) is 5.91 Å². The first kappa shape index (κ1) is 18.3. The average Bonchev–Trinajstić information content (AvgIpc) is 3.05. The molecule has 1 aromatic rings. The second-order valence-corrected chi connectivity index (χ2v) is 7.24. The van der Waals surface area contributed by atoms with Crippen LogP contribution in [0.3, 0.4) is 0 Å². The fraction of sp³-hybridized carbons (Fsp3) is 0.500. The first-order valence-electron chi connectivity index (χ1n) is 9.00. The number of allylic oxidation sites excluding steroid dienone is 1. The molecule has 0 atom stereocenters. The topological polar surface area (TPSA) is 65.1 Å². The lowest BCUT2D eigenvalue weighted by Crippen LogP contribution is -2.39. The maximum atomic E-state index is 13.1. The SMILES string of the molecule is CCCCN(Cc1cccc2c1OCO2)C(=O)C1=CC(=O)CC(C)(C)O1. The van der Waals surface area contributed by atoms with Crippen molar-refractivity contribution in [3.05, 3.63) is 35.6 Å². The van der Waals surface area contributed by atoms with Crippen molar-refractivity contribution in [3.8, 4) is 11.5 Å². The summed E-state index contributed by atoms with van der Waals surface area (Å²) in [6.45, 7) is 6.85. The lowest BCUT2D eigenvalue weighted by molar-refractivity contribution is -0.138. The summed E-state index contributed by atoms with van der Waals surface area (Å²) in [5.41, 5.74) is 0.213. The number of amides is 1. The van der Waals surface area contributed by atoms with Crippen molar-refractivity contribution in [2.75, 3.05) is 13.3 Å². The standard InChI is InChI=1S/C20H25NO5/c1-4-5-9-21(12-14-7-6-8-16-18(14)25-13-24-16)19(23)17-10-15(22)11-20(2,3)26-17/h6-8,10H,4-5,9,11-13H2,1-3H3. The van der Waals surface area contributed by atoms with Crippen molar-refractivity contribution in [1.29, 1.82) is 0 Å². The summed E-state index contributed by atoms with van der Waals surface area (Å²) in [4.78, 5) is 26.7. The van der Waals surface area contributed by atoms with E-state index in [0.29, 0.717) is 24.6 Å². The predicted molar refractivity (Wildman–Crippen MR) is 95.8 cm³/mol. The molecule has 0 bridgehead atoms. The first-order chi connectivity index (χ1) is 12.4. The van der Waals surface area contributed by atoms with Gasteiger partial charge in [0, 0.05) is 31.1 Å². The maximum Gasteiger partial charge on any atom is 0.289 e. The number of para-hydroxylation sites is 1. The molecule has 1 aromatic carbocycles. The van der Waals surface area contributed by atoms with Crippen LogP contribution in [0.5, 0.6) is 11.5 Å². The van der Waals surface area contributed by atoms with Gasteiger partial charge in [-0.2, -0.15) is 0 Å². The van der Waals surface area contributed by atoms with Crippen LogP contribution >= 0.6 is 0 Å². The normalized spacial score (nSPS) is 17.5. The van der Waals surface area contributed by atoms with Gasteiger partial charge in [-0.25, -0.2) is 0 Å². The van der Waals surface area contributed by atoms with Crippen LogP contribution < -0.4 is 9.47 Å². The molecule has 0 aromatic heterocycles. The smallest absolute Gasteiger partial charge is 0.289 e. The Kier molecular flexibility index (Phi) is 5.20. The van der Waals surface area contributed by atoms with E-state index in [1.807, 2.05) is 32.0 Å². The zero-order valence-electron chi connectivity index (χ0n) is 15.5. The molecular weight excluding hydrogens is 334 g/mol. The minimum atomic E-state index is -0.668. The summed E-state index contributed by atoms with van der Waals surface area (Å²) < 4.78 is 16.8. The van der Waals surface area contributed by atoms with Crippen LogP contribution in [0.15, 0.2) is 30.0 Å². The zero-order valence-corrected chi connectivity index (χ0v) is 15.5. The van der Waals surface area contributed by atoms with E-state index in [9.17, 15) is 9.59 Å². The average molecular weight is 359 g/mol. The van der Waals surface area contributed by atoms with Crippen LogP contribution in [-0.4, -0.2) is 35.5 Å². The number of ether oxygens (including phenoxy) is 3. The number of rotatable bonds is 6. The van der Waals surface area contributed by atoms with Crippen molar-refractivity contribution >= 4 is 11.7 Å². The molecule has 0 unspecified atom stereocenters. The number of fused-ring (bicyclic) bond motifs is 1. The highest BCUT2D eigenvalue weighted by Gasteiger charge is 2.34. The van der Waals surface area contributed by atoms with E-state index in [1.54, 1.807) is 4.90 Å². The van der Waals surface area contributed by atoms with Crippen LogP contribution in [0.25, 0.3) is 0 Å². The molecule has 0 saturated heterocycles. The van der Waals surface area contributed by atoms with Crippen molar-refractivity contribution < 1.29 is 23.8 Å². The Hall–Kier alpha value is -2.50. The number of carbonyl (C=O) groups excluding carboxylic acids is 2. The number of hydrogen-bond acceptors (Lipinski definition) is 5. The lowest BCUT2D eigenvalue weighted by Gasteiger charge is -2.32.